The van der Waals surface area contributed by atoms with Gasteiger partial charge in [0.15, 0.2) is 5.78 Å². The molecule has 1 aromatic carbocycles. The molecule has 1 aromatic rings. The minimum atomic E-state index is -0.415. The number of Topliss-reactive ketones (excluding diaryl/α,β-unsaturated/α-hetero) is 1. The summed E-state index contributed by atoms with van der Waals surface area (Å²) in [5.41, 5.74) is 1.03. The molecule has 12 heavy (non-hydrogen) atoms. The van der Waals surface area contributed by atoms with Crippen LogP contribution in [-0.4, -0.2) is 5.78 Å². The molecule has 0 N–H and O–H groups in total. The smallest absolute Gasteiger partial charge is 0.165 e. The van der Waals surface area contributed by atoms with Crippen LogP contribution in [0.1, 0.15) is 29.3 Å². The molecule has 2 heteroatoms. The maximum absolute atomic E-state index is 13.1. The van der Waals surface area contributed by atoms with Gasteiger partial charge >= 0.3 is 0 Å². The molecule has 0 aromatic heterocycles. The number of rotatable bonds is 2. The molecule has 0 saturated carbocycles. The van der Waals surface area contributed by atoms with Crippen LogP contribution in [0.5, 0.6) is 0 Å². The Morgan fingerprint density at radius 2 is 2.17 bits per heavy atom. The van der Waals surface area contributed by atoms with Crippen LogP contribution in [0.2, 0.25) is 0 Å². The molecule has 0 aliphatic rings. The lowest BCUT2D eigenvalue weighted by molar-refractivity contribution is 0.0984. The third kappa shape index (κ3) is 1.70. The van der Waals surface area contributed by atoms with E-state index in [-0.39, 0.29) is 11.3 Å². The summed E-state index contributed by atoms with van der Waals surface area (Å²) in [5.74, 6) is -0.561. The Morgan fingerprint density at radius 3 is 2.67 bits per heavy atom. The fraction of sp³-hybridized carbons (Fsp3) is 0.300. The monoisotopic (exact) mass is 166 g/mol. The lowest BCUT2D eigenvalue weighted by atomic mass is 10.1. The average molecular weight is 166 g/mol. The van der Waals surface area contributed by atoms with E-state index in [4.69, 9.17) is 0 Å². The molecule has 0 heterocycles. The molecule has 0 spiro atoms. The first-order chi connectivity index (χ1) is 5.65. The largest absolute Gasteiger partial charge is 0.294 e. The van der Waals surface area contributed by atoms with Crippen molar-refractivity contribution in [2.75, 3.05) is 0 Å². The third-order valence-electron chi connectivity index (χ3n) is 1.75. The van der Waals surface area contributed by atoms with Gasteiger partial charge in [-0.25, -0.2) is 4.39 Å². The van der Waals surface area contributed by atoms with Crippen molar-refractivity contribution in [3.63, 3.8) is 0 Å². The molecule has 0 amide bonds. The van der Waals surface area contributed by atoms with Gasteiger partial charge in [-0.05, 0) is 24.6 Å². The lowest BCUT2D eigenvalue weighted by Crippen LogP contribution is -2.00. The van der Waals surface area contributed by atoms with Gasteiger partial charge in [-0.1, -0.05) is 13.0 Å². The summed E-state index contributed by atoms with van der Waals surface area (Å²) in [6.07, 6.45) is 0.347. The first-order valence-corrected chi connectivity index (χ1v) is 3.94. The number of aryl methyl sites for hydroxylation is 1. The normalized spacial score (nSPS) is 9.92. The first-order valence-electron chi connectivity index (χ1n) is 3.94. The van der Waals surface area contributed by atoms with Gasteiger partial charge in [0.2, 0.25) is 0 Å². The summed E-state index contributed by atoms with van der Waals surface area (Å²) in [4.78, 5) is 11.1. The molecule has 0 unspecified atom stereocenters. The van der Waals surface area contributed by atoms with Crippen LogP contribution < -0.4 is 0 Å². The predicted molar refractivity (Wildman–Crippen MR) is 45.8 cm³/mol. The van der Waals surface area contributed by atoms with Crippen LogP contribution >= 0.6 is 0 Å². The number of carbonyl (C=O) groups is 1. The van der Waals surface area contributed by atoms with E-state index >= 15 is 0 Å². The highest BCUT2D eigenvalue weighted by molar-refractivity contribution is 5.96. The molecule has 0 aliphatic carbocycles. The predicted octanol–water partition coefficient (Wildman–Crippen LogP) is 2.73. The van der Waals surface area contributed by atoms with E-state index in [1.165, 1.54) is 12.1 Å². The zero-order chi connectivity index (χ0) is 9.14. The molecule has 0 radical (unpaired) electrons. The van der Waals surface area contributed by atoms with Gasteiger partial charge in [0.1, 0.15) is 5.82 Å². The Hall–Kier alpha value is -1.18. The van der Waals surface area contributed by atoms with Gasteiger partial charge in [-0.2, -0.15) is 0 Å². The second-order valence-corrected chi connectivity index (χ2v) is 2.76. The van der Waals surface area contributed by atoms with Crippen LogP contribution in [0, 0.1) is 12.7 Å². The highest BCUT2D eigenvalue weighted by Crippen LogP contribution is 2.11. The van der Waals surface area contributed by atoms with Crippen molar-refractivity contribution < 1.29 is 9.18 Å². The molecular formula is C10H11FO. The number of halogens is 1. The van der Waals surface area contributed by atoms with E-state index in [9.17, 15) is 9.18 Å². The second kappa shape index (κ2) is 3.48. The highest BCUT2D eigenvalue weighted by Gasteiger charge is 2.08. The standard InChI is InChI=1S/C10H11FO/c1-3-10(12)8-5-4-7(2)6-9(8)11/h4-6H,3H2,1-2H3. The molecule has 0 aliphatic heterocycles. The van der Waals surface area contributed by atoms with Crippen LogP contribution in [0.3, 0.4) is 0 Å². The number of hydrogen-bond acceptors (Lipinski definition) is 1. The molecule has 0 fully saturated rings. The van der Waals surface area contributed by atoms with Crippen LogP contribution in [0.25, 0.3) is 0 Å². The number of carbonyl (C=O) groups excluding carboxylic acids is 1. The summed E-state index contributed by atoms with van der Waals surface area (Å²) in [6.45, 7) is 3.52. The lowest BCUT2D eigenvalue weighted by Gasteiger charge is -2.00. The molecule has 64 valence electrons. The Morgan fingerprint density at radius 1 is 1.50 bits per heavy atom. The minimum absolute atomic E-state index is 0.146. The van der Waals surface area contributed by atoms with Gasteiger partial charge in [-0.3, -0.25) is 4.79 Å². The number of benzene rings is 1. The van der Waals surface area contributed by atoms with E-state index < -0.39 is 5.82 Å². The average Bonchev–Trinajstić information content (AvgIpc) is 2.03. The fourth-order valence-corrected chi connectivity index (χ4v) is 1.04. The van der Waals surface area contributed by atoms with Gasteiger partial charge in [0, 0.05) is 6.42 Å². The van der Waals surface area contributed by atoms with E-state index in [1.54, 1.807) is 19.9 Å². The molecule has 0 saturated heterocycles. The van der Waals surface area contributed by atoms with Crippen molar-refractivity contribution in [2.24, 2.45) is 0 Å². The Balaban J connectivity index is 3.09. The van der Waals surface area contributed by atoms with Gasteiger partial charge in [0.25, 0.3) is 0 Å². The highest BCUT2D eigenvalue weighted by atomic mass is 19.1. The zero-order valence-electron chi connectivity index (χ0n) is 7.23. The molecule has 1 rings (SSSR count). The second-order valence-electron chi connectivity index (χ2n) is 2.76. The van der Waals surface area contributed by atoms with Gasteiger partial charge < -0.3 is 0 Å². The van der Waals surface area contributed by atoms with E-state index in [0.29, 0.717) is 6.42 Å². The maximum Gasteiger partial charge on any atom is 0.165 e. The minimum Gasteiger partial charge on any atom is -0.294 e. The first kappa shape index (κ1) is 8.91. The van der Waals surface area contributed by atoms with E-state index in [1.807, 2.05) is 0 Å². The van der Waals surface area contributed by atoms with Crippen molar-refractivity contribution in [3.8, 4) is 0 Å². The summed E-state index contributed by atoms with van der Waals surface area (Å²) in [5, 5.41) is 0. The van der Waals surface area contributed by atoms with Gasteiger partial charge in [-0.15, -0.1) is 0 Å². The van der Waals surface area contributed by atoms with Crippen molar-refractivity contribution in [2.45, 2.75) is 20.3 Å². The maximum atomic E-state index is 13.1. The Bertz CT molecular complexity index is 305. The van der Waals surface area contributed by atoms with Crippen molar-refractivity contribution in [3.05, 3.63) is 35.1 Å². The quantitative estimate of drug-likeness (QED) is 0.617. The van der Waals surface area contributed by atoms with Crippen molar-refractivity contribution >= 4 is 5.78 Å². The Labute approximate surface area is 71.2 Å². The van der Waals surface area contributed by atoms with Crippen LogP contribution in [-0.2, 0) is 0 Å². The summed E-state index contributed by atoms with van der Waals surface area (Å²) in [7, 11) is 0. The topological polar surface area (TPSA) is 17.1 Å². The molecular weight excluding hydrogens is 155 g/mol. The summed E-state index contributed by atoms with van der Waals surface area (Å²) in [6, 6.07) is 4.66. The Kier molecular flexibility index (Phi) is 2.58. The van der Waals surface area contributed by atoms with E-state index in [2.05, 4.69) is 0 Å². The molecule has 0 bridgehead atoms. The van der Waals surface area contributed by atoms with Crippen LogP contribution in [0.4, 0.5) is 4.39 Å². The van der Waals surface area contributed by atoms with Gasteiger partial charge in [0.05, 0.1) is 5.56 Å². The molecule has 0 atom stereocenters. The summed E-state index contributed by atoms with van der Waals surface area (Å²) >= 11 is 0. The summed E-state index contributed by atoms with van der Waals surface area (Å²) < 4.78 is 13.1. The van der Waals surface area contributed by atoms with Crippen molar-refractivity contribution in [1.82, 2.24) is 0 Å². The third-order valence-corrected chi connectivity index (χ3v) is 1.75. The van der Waals surface area contributed by atoms with Crippen molar-refractivity contribution in [1.29, 1.82) is 0 Å². The fourth-order valence-electron chi connectivity index (χ4n) is 1.04. The number of ketones is 1. The SMILES string of the molecule is CCC(=O)c1ccc(C)cc1F. The zero-order valence-corrected chi connectivity index (χ0v) is 7.23. The van der Waals surface area contributed by atoms with Crippen LogP contribution in [0.15, 0.2) is 18.2 Å². The molecule has 1 nitrogen and oxygen atoms in total. The number of hydrogen-bond donors (Lipinski definition) is 0. The van der Waals surface area contributed by atoms with E-state index in [0.717, 1.165) is 5.56 Å².